The summed E-state index contributed by atoms with van der Waals surface area (Å²) in [7, 11) is 0. The lowest BCUT2D eigenvalue weighted by Gasteiger charge is -2.08. The minimum Gasteiger partial charge on any atom is -0.507 e. The third-order valence-electron chi connectivity index (χ3n) is 3.59. The molecule has 4 rings (SSSR count). The molecule has 0 amide bonds. The average Bonchev–Trinajstić information content (AvgIpc) is 2.77. The Morgan fingerprint density at radius 1 is 0.760 bits per heavy atom. The maximum atomic E-state index is 12.5. The molecule has 2 aromatic carbocycles. The summed E-state index contributed by atoms with van der Waals surface area (Å²) >= 11 is 0. The van der Waals surface area contributed by atoms with Crippen molar-refractivity contribution in [1.29, 1.82) is 0 Å². The number of rotatable bonds is 2. The number of hydrogen-bond acceptors (Lipinski definition) is 6. The first-order chi connectivity index (χ1) is 15.4. The van der Waals surface area contributed by atoms with Crippen LogP contribution in [0, 0.1) is 0 Å². The first kappa shape index (κ1) is 8.53. The Morgan fingerprint density at radius 2 is 1.16 bits per heavy atom. The quantitative estimate of drug-likeness (QED) is 0.542. The smallest absolute Gasteiger partial charge is 0.343 e. The predicted molar refractivity (Wildman–Crippen MR) is 91.1 cm³/mol. The first-order valence-corrected chi connectivity index (χ1v) is 6.88. The van der Waals surface area contributed by atoms with Crippen molar-refractivity contribution in [2.75, 3.05) is 0 Å². The molecule has 0 atom stereocenters. The molecule has 0 aliphatic heterocycles. The second-order valence-corrected chi connectivity index (χ2v) is 5.02. The minimum absolute atomic E-state index is 0.512. The summed E-state index contributed by atoms with van der Waals surface area (Å²) in [5, 5.41) is 20.3. The van der Waals surface area contributed by atoms with E-state index in [4.69, 9.17) is 19.8 Å². The predicted octanol–water partition coefficient (Wildman–Crippen LogP) is 2.90. The van der Waals surface area contributed by atoms with E-state index in [9.17, 15) is 19.8 Å². The van der Waals surface area contributed by atoms with E-state index in [0.717, 1.165) is 0 Å². The van der Waals surface area contributed by atoms with Crippen LogP contribution in [-0.2, 0) is 6.42 Å². The maximum Gasteiger partial charge on any atom is 0.343 e. The van der Waals surface area contributed by atoms with Gasteiger partial charge in [0.25, 0.3) is 0 Å². The van der Waals surface area contributed by atoms with Crippen molar-refractivity contribution in [3.63, 3.8) is 0 Å². The van der Waals surface area contributed by atoms with E-state index in [-0.39, 0.29) is 0 Å². The number of aromatic hydroxyl groups is 2. The molecule has 2 aromatic heterocycles. The zero-order chi connectivity index (χ0) is 24.5. The van der Waals surface area contributed by atoms with Crippen molar-refractivity contribution >= 4 is 21.9 Å². The molecule has 6 nitrogen and oxygen atoms in total. The molecule has 0 saturated heterocycles. The van der Waals surface area contributed by atoms with Crippen molar-refractivity contribution in [2.45, 2.75) is 6.42 Å². The van der Waals surface area contributed by atoms with Crippen molar-refractivity contribution in [1.82, 2.24) is 0 Å². The van der Waals surface area contributed by atoms with Crippen LogP contribution in [0.3, 0.4) is 0 Å². The van der Waals surface area contributed by atoms with E-state index in [0.29, 0.717) is 0 Å². The van der Waals surface area contributed by atoms with E-state index < -0.39 is 111 Å². The Hall–Kier alpha value is -3.54. The van der Waals surface area contributed by atoms with Crippen molar-refractivity contribution in [2.24, 2.45) is 0 Å². The molecule has 25 heavy (non-hydrogen) atoms. The number of fused-ring (bicyclic) bond motifs is 2. The number of para-hydroxylation sites is 2. The van der Waals surface area contributed by atoms with E-state index in [2.05, 4.69) is 0 Å². The minimum atomic E-state index is -1.25. The van der Waals surface area contributed by atoms with Gasteiger partial charge in [-0.15, -0.1) is 0 Å². The Kier molecular flexibility index (Phi) is 1.88. The Balaban J connectivity index is 2.04. The van der Waals surface area contributed by atoms with E-state index in [1.54, 1.807) is 0 Å². The highest BCUT2D eigenvalue weighted by atomic mass is 16.4. The standard InChI is InChI=1S/C19H12O6/c20-16-10-5-1-3-7-14(10)24-18(22)12(16)9-13-17(21)11-6-2-4-8-15(11)25-19(13)23/h1-8,20-21H,9H2/i1D,2D,3D,4D,5D,6D,7D,8D. The largest absolute Gasteiger partial charge is 0.507 e. The van der Waals surface area contributed by atoms with Gasteiger partial charge in [-0.1, -0.05) is 24.2 Å². The lowest BCUT2D eigenvalue weighted by Crippen LogP contribution is -2.14. The van der Waals surface area contributed by atoms with Gasteiger partial charge in [0.15, 0.2) is 0 Å². The fraction of sp³-hybridized carbons (Fsp3) is 0.0526. The maximum absolute atomic E-state index is 12.5. The normalized spacial score (nSPS) is 15.7. The van der Waals surface area contributed by atoms with Crippen LogP contribution in [0.25, 0.3) is 21.9 Å². The molecule has 0 bridgehead atoms. The fourth-order valence-corrected chi connectivity index (χ4v) is 2.38. The molecule has 0 unspecified atom stereocenters. The molecule has 2 N–H and O–H groups in total. The van der Waals surface area contributed by atoms with E-state index in [1.165, 1.54) is 0 Å². The molecule has 0 saturated carbocycles. The molecular formula is C19H12O6. The summed E-state index contributed by atoms with van der Waals surface area (Å²) in [5.41, 5.74) is -4.96. The van der Waals surface area contributed by atoms with Crippen LogP contribution in [0.2, 0.25) is 0 Å². The highest BCUT2D eigenvalue weighted by Gasteiger charge is 2.20. The van der Waals surface area contributed by atoms with Gasteiger partial charge in [0.1, 0.15) is 22.7 Å². The Bertz CT molecular complexity index is 1520. The van der Waals surface area contributed by atoms with Gasteiger partial charge in [0, 0.05) is 6.42 Å². The third kappa shape index (κ3) is 2.35. The SMILES string of the molecule is [2H]c1c([2H])c([2H])c2c(O)c(Cc3c(O)c4c([2H])c([2H])c([2H])c([2H])c4oc3=O)c(=O)oc2c1[2H]. The molecule has 0 aliphatic rings. The van der Waals surface area contributed by atoms with Gasteiger partial charge in [-0.25, -0.2) is 9.59 Å². The highest BCUT2D eigenvalue weighted by Crippen LogP contribution is 2.31. The second-order valence-electron chi connectivity index (χ2n) is 5.02. The van der Waals surface area contributed by atoms with Gasteiger partial charge in [0.05, 0.1) is 32.9 Å². The molecule has 0 aliphatic carbocycles. The van der Waals surface area contributed by atoms with Crippen molar-refractivity contribution in [3.05, 3.63) is 80.3 Å². The second kappa shape index (κ2) is 5.52. The summed E-state index contributed by atoms with van der Waals surface area (Å²) in [6, 6.07) is -5.58. The van der Waals surface area contributed by atoms with E-state index in [1.807, 2.05) is 0 Å². The molecular weight excluding hydrogens is 324 g/mol. The zero-order valence-electron chi connectivity index (χ0n) is 20.2. The molecule has 0 radical (unpaired) electrons. The van der Waals surface area contributed by atoms with Crippen LogP contribution >= 0.6 is 0 Å². The van der Waals surface area contributed by atoms with Crippen LogP contribution in [0.15, 0.2) is 66.8 Å². The van der Waals surface area contributed by atoms with Crippen LogP contribution in [0.4, 0.5) is 0 Å². The third-order valence-corrected chi connectivity index (χ3v) is 3.59. The molecule has 6 heteroatoms. The van der Waals surface area contributed by atoms with Gasteiger partial charge >= 0.3 is 11.3 Å². The van der Waals surface area contributed by atoms with Crippen LogP contribution in [0.1, 0.15) is 22.1 Å². The average molecular weight is 344 g/mol. The van der Waals surface area contributed by atoms with E-state index >= 15 is 0 Å². The molecule has 124 valence electrons. The monoisotopic (exact) mass is 344 g/mol. The highest BCUT2D eigenvalue weighted by molar-refractivity contribution is 5.85. The molecule has 4 aromatic rings. The lowest BCUT2D eigenvalue weighted by molar-refractivity contribution is 0.448. The van der Waals surface area contributed by atoms with Gasteiger partial charge in [-0.3, -0.25) is 0 Å². The van der Waals surface area contributed by atoms with Gasteiger partial charge in [-0.05, 0) is 24.2 Å². The first-order valence-electron chi connectivity index (χ1n) is 10.9. The van der Waals surface area contributed by atoms with Crippen LogP contribution < -0.4 is 11.3 Å². The topological polar surface area (TPSA) is 101 Å². The molecule has 0 spiro atoms. The fourth-order valence-electron chi connectivity index (χ4n) is 2.38. The summed E-state index contributed by atoms with van der Waals surface area (Å²) < 4.78 is 72.4. The van der Waals surface area contributed by atoms with Gasteiger partial charge in [-0.2, -0.15) is 0 Å². The van der Waals surface area contributed by atoms with Crippen molar-refractivity contribution < 1.29 is 30.0 Å². The number of benzene rings is 2. The van der Waals surface area contributed by atoms with Crippen LogP contribution in [-0.4, -0.2) is 10.2 Å². The van der Waals surface area contributed by atoms with Crippen LogP contribution in [0.5, 0.6) is 11.5 Å². The Morgan fingerprint density at radius 3 is 1.60 bits per heavy atom. The number of hydrogen-bond donors (Lipinski definition) is 2. The molecule has 0 fully saturated rings. The molecule has 2 heterocycles. The summed E-state index contributed by atoms with van der Waals surface area (Å²) in [4.78, 5) is 25.0. The summed E-state index contributed by atoms with van der Waals surface area (Å²) in [6.07, 6.45) is -0.820. The summed E-state index contributed by atoms with van der Waals surface area (Å²) in [6.45, 7) is 0. The zero-order valence-corrected chi connectivity index (χ0v) is 12.2. The van der Waals surface area contributed by atoms with Crippen molar-refractivity contribution in [3.8, 4) is 11.5 Å². The lowest BCUT2D eigenvalue weighted by atomic mass is 10.0. The van der Waals surface area contributed by atoms with Gasteiger partial charge in [0.2, 0.25) is 0 Å². The summed E-state index contributed by atoms with van der Waals surface area (Å²) in [5.74, 6) is -1.80. The van der Waals surface area contributed by atoms with Gasteiger partial charge < -0.3 is 19.0 Å². The Labute approximate surface area is 151 Å².